The van der Waals surface area contributed by atoms with Crippen molar-refractivity contribution in [3.05, 3.63) is 48.2 Å². The summed E-state index contributed by atoms with van der Waals surface area (Å²) < 4.78 is 27.0. The maximum atomic E-state index is 14.3. The maximum absolute atomic E-state index is 14.3. The van der Waals surface area contributed by atoms with Crippen molar-refractivity contribution in [3.8, 4) is 17.0 Å². The molecule has 4 heterocycles. The first kappa shape index (κ1) is 21.2. The van der Waals surface area contributed by atoms with Gasteiger partial charge in [-0.05, 0) is 31.0 Å². The number of nitrogens with zero attached hydrogens (tertiary/aromatic N) is 3. The first-order valence-electron chi connectivity index (χ1n) is 10.9. The number of methoxy groups -OCH3 is 1. The van der Waals surface area contributed by atoms with Crippen molar-refractivity contribution in [2.24, 2.45) is 0 Å². The summed E-state index contributed by atoms with van der Waals surface area (Å²) in [6, 6.07) is 6.44. The minimum atomic E-state index is -0.502. The van der Waals surface area contributed by atoms with Gasteiger partial charge in [-0.25, -0.2) is 4.39 Å². The van der Waals surface area contributed by atoms with E-state index in [0.29, 0.717) is 42.4 Å². The van der Waals surface area contributed by atoms with Gasteiger partial charge in [-0.2, -0.15) is 5.10 Å². The smallest absolute Gasteiger partial charge is 0.271 e. The highest BCUT2D eigenvalue weighted by Crippen LogP contribution is 2.39. The van der Waals surface area contributed by atoms with Crippen molar-refractivity contribution in [1.82, 2.24) is 20.1 Å². The third kappa shape index (κ3) is 4.09. The van der Waals surface area contributed by atoms with Crippen LogP contribution in [0.2, 0.25) is 0 Å². The lowest BCUT2D eigenvalue weighted by atomic mass is 10.1. The number of para-hydroxylation sites is 1. The number of aromatic nitrogens is 3. The van der Waals surface area contributed by atoms with Crippen LogP contribution in [0.5, 0.6) is 5.75 Å². The lowest BCUT2D eigenvalue weighted by Gasteiger charge is -2.17. The third-order valence-electron chi connectivity index (χ3n) is 5.83. The topological polar surface area (TPSA) is 102 Å². The van der Waals surface area contributed by atoms with E-state index in [-0.39, 0.29) is 17.8 Å². The standard InChI is InChI=1S/C23H25FN6O3/c1-32-22-16(24)5-2-6-17(22)28-20-19(29-30-10-9-26-23(31)21(20)30)15-7-8-25-13-18(15)27-12-14-4-3-11-33-14/h2,5-8,13-14,27-28H,3-4,9-12H2,1H3,(H,26,31)/t14-/m1/s1. The van der Waals surface area contributed by atoms with Crippen LogP contribution < -0.4 is 20.7 Å². The fourth-order valence-electron chi connectivity index (χ4n) is 4.24. The number of fused-ring (bicyclic) bond motifs is 1. The van der Waals surface area contributed by atoms with Crippen LogP contribution in [-0.2, 0) is 11.3 Å². The van der Waals surface area contributed by atoms with E-state index < -0.39 is 5.82 Å². The summed E-state index contributed by atoms with van der Waals surface area (Å²) >= 11 is 0. The van der Waals surface area contributed by atoms with E-state index in [2.05, 4.69) is 20.9 Å². The fourth-order valence-corrected chi connectivity index (χ4v) is 4.24. The second kappa shape index (κ2) is 9.07. The molecular formula is C23H25FN6O3. The largest absolute Gasteiger partial charge is 0.492 e. The zero-order valence-corrected chi connectivity index (χ0v) is 18.2. The minimum absolute atomic E-state index is 0.0612. The van der Waals surface area contributed by atoms with Gasteiger partial charge >= 0.3 is 0 Å². The van der Waals surface area contributed by atoms with Gasteiger partial charge in [-0.1, -0.05) is 6.07 Å². The molecule has 172 valence electrons. The summed E-state index contributed by atoms with van der Waals surface area (Å²) in [5, 5.41) is 14.2. The Labute approximate surface area is 190 Å². The molecule has 3 aromatic rings. The number of anilines is 3. The summed E-state index contributed by atoms with van der Waals surface area (Å²) in [6.45, 7) is 2.43. The van der Waals surface area contributed by atoms with E-state index in [9.17, 15) is 9.18 Å². The molecule has 1 saturated heterocycles. The molecule has 10 heteroatoms. The van der Waals surface area contributed by atoms with E-state index in [1.54, 1.807) is 29.2 Å². The molecule has 0 radical (unpaired) electrons. The SMILES string of the molecule is COc1c(F)cccc1Nc1c(-c2ccncc2NC[C@H]2CCCO2)nn2c1C(=O)NCC2. The van der Waals surface area contributed by atoms with Gasteiger partial charge in [0.1, 0.15) is 11.4 Å². The van der Waals surface area contributed by atoms with Crippen LogP contribution in [0.4, 0.5) is 21.5 Å². The van der Waals surface area contributed by atoms with Gasteiger partial charge in [0.25, 0.3) is 5.91 Å². The Hall–Kier alpha value is -3.66. The second-order valence-electron chi connectivity index (χ2n) is 7.93. The molecule has 1 amide bonds. The molecule has 1 fully saturated rings. The first-order valence-corrected chi connectivity index (χ1v) is 10.9. The summed E-state index contributed by atoms with van der Waals surface area (Å²) in [7, 11) is 1.40. The number of ether oxygens (including phenoxy) is 2. The Kier molecular flexibility index (Phi) is 5.82. The Morgan fingerprint density at radius 1 is 1.33 bits per heavy atom. The number of benzene rings is 1. The summed E-state index contributed by atoms with van der Waals surface area (Å²) in [5.74, 6) is -0.691. The molecule has 1 aromatic carbocycles. The average molecular weight is 452 g/mol. The molecule has 0 aliphatic carbocycles. The van der Waals surface area contributed by atoms with Crippen LogP contribution in [0.15, 0.2) is 36.7 Å². The van der Waals surface area contributed by atoms with Crippen LogP contribution in [0.25, 0.3) is 11.3 Å². The average Bonchev–Trinajstić information content (AvgIpc) is 3.47. The monoisotopic (exact) mass is 452 g/mol. The summed E-state index contributed by atoms with van der Waals surface area (Å²) in [6.07, 6.45) is 5.62. The van der Waals surface area contributed by atoms with E-state index in [4.69, 9.17) is 14.6 Å². The van der Waals surface area contributed by atoms with Gasteiger partial charge in [0.15, 0.2) is 11.6 Å². The second-order valence-corrected chi connectivity index (χ2v) is 7.93. The number of hydrogen-bond donors (Lipinski definition) is 3. The highest BCUT2D eigenvalue weighted by Gasteiger charge is 2.29. The highest BCUT2D eigenvalue weighted by molar-refractivity contribution is 6.03. The summed E-state index contributed by atoms with van der Waals surface area (Å²) in [4.78, 5) is 17.0. The predicted molar refractivity (Wildman–Crippen MR) is 121 cm³/mol. The minimum Gasteiger partial charge on any atom is -0.492 e. The van der Waals surface area contributed by atoms with Gasteiger partial charge in [0.2, 0.25) is 0 Å². The molecule has 0 unspecified atom stereocenters. The molecule has 0 saturated carbocycles. The molecule has 2 aliphatic heterocycles. The van der Waals surface area contributed by atoms with E-state index in [0.717, 1.165) is 30.7 Å². The van der Waals surface area contributed by atoms with E-state index >= 15 is 0 Å². The molecule has 1 atom stereocenters. The van der Waals surface area contributed by atoms with Crippen LogP contribution in [-0.4, -0.2) is 53.6 Å². The van der Waals surface area contributed by atoms with Gasteiger partial charge in [-0.3, -0.25) is 14.5 Å². The zero-order chi connectivity index (χ0) is 22.8. The zero-order valence-electron chi connectivity index (χ0n) is 18.2. The molecular weight excluding hydrogens is 427 g/mol. The Bertz CT molecular complexity index is 1170. The number of carbonyl (C=O) groups excluding carboxylic acids is 1. The Morgan fingerprint density at radius 3 is 3.06 bits per heavy atom. The molecule has 2 aliphatic rings. The van der Waals surface area contributed by atoms with E-state index in [1.165, 1.54) is 13.2 Å². The van der Waals surface area contributed by atoms with Crippen LogP contribution in [0.1, 0.15) is 23.3 Å². The van der Waals surface area contributed by atoms with Crippen molar-refractivity contribution >= 4 is 23.0 Å². The Morgan fingerprint density at radius 2 is 2.24 bits per heavy atom. The highest BCUT2D eigenvalue weighted by atomic mass is 19.1. The van der Waals surface area contributed by atoms with Crippen LogP contribution in [0.3, 0.4) is 0 Å². The van der Waals surface area contributed by atoms with Crippen molar-refractivity contribution in [2.45, 2.75) is 25.5 Å². The first-order chi connectivity index (χ1) is 16.2. The molecule has 2 aromatic heterocycles. The number of pyridine rings is 1. The lowest BCUT2D eigenvalue weighted by molar-refractivity contribution is 0.0925. The summed E-state index contributed by atoms with van der Waals surface area (Å²) in [5.41, 5.74) is 3.36. The molecule has 5 rings (SSSR count). The quantitative estimate of drug-likeness (QED) is 0.506. The number of carbonyl (C=O) groups is 1. The number of nitrogens with one attached hydrogen (secondary N) is 3. The lowest BCUT2D eigenvalue weighted by Crippen LogP contribution is -2.35. The molecule has 0 spiro atoms. The van der Waals surface area contributed by atoms with Gasteiger partial charge in [0.05, 0.1) is 43.0 Å². The predicted octanol–water partition coefficient (Wildman–Crippen LogP) is 3.17. The van der Waals surface area contributed by atoms with Crippen molar-refractivity contribution in [3.63, 3.8) is 0 Å². The Balaban J connectivity index is 1.58. The van der Waals surface area contributed by atoms with Crippen LogP contribution >= 0.6 is 0 Å². The normalized spacial score (nSPS) is 17.4. The van der Waals surface area contributed by atoms with E-state index in [1.807, 2.05) is 6.07 Å². The van der Waals surface area contributed by atoms with Gasteiger partial charge < -0.3 is 25.4 Å². The fraction of sp³-hybridized carbons (Fsp3) is 0.348. The number of halogens is 1. The maximum Gasteiger partial charge on any atom is 0.271 e. The van der Waals surface area contributed by atoms with Gasteiger partial charge in [-0.15, -0.1) is 0 Å². The van der Waals surface area contributed by atoms with Crippen LogP contribution in [0, 0.1) is 5.82 Å². The molecule has 9 nitrogen and oxygen atoms in total. The van der Waals surface area contributed by atoms with Crippen molar-refractivity contribution in [1.29, 1.82) is 0 Å². The van der Waals surface area contributed by atoms with Crippen molar-refractivity contribution in [2.75, 3.05) is 37.4 Å². The molecule has 33 heavy (non-hydrogen) atoms. The molecule has 3 N–H and O–H groups in total. The van der Waals surface area contributed by atoms with Crippen molar-refractivity contribution < 1.29 is 18.7 Å². The van der Waals surface area contributed by atoms with Gasteiger partial charge in [0, 0.05) is 31.5 Å². The third-order valence-corrected chi connectivity index (χ3v) is 5.83. The number of rotatable bonds is 7. The number of hydrogen-bond acceptors (Lipinski definition) is 7. The number of amides is 1. The molecule has 0 bridgehead atoms.